The smallest absolute Gasteiger partial charge is 0.240 e. The Balaban J connectivity index is 1.13. The van der Waals surface area contributed by atoms with Crippen LogP contribution in [0.3, 0.4) is 0 Å². The fraction of sp³-hybridized carbons (Fsp3) is 0.622. The molecule has 17 heteroatoms. The summed E-state index contributed by atoms with van der Waals surface area (Å²) in [4.78, 5) is 26.2. The number of hydrogen-bond acceptors (Lipinski definition) is 11. The van der Waals surface area contributed by atoms with Crippen LogP contribution in [0.15, 0.2) is 41.3 Å². The lowest BCUT2D eigenvalue weighted by molar-refractivity contribution is -0.126. The monoisotopic (exact) mass is 818 g/mol. The van der Waals surface area contributed by atoms with Crippen molar-refractivity contribution in [2.75, 3.05) is 113 Å². The number of amides is 2. The topological polar surface area (TPSA) is 163 Å². The molecule has 3 rings (SSSR count). The molecule has 0 aliphatic carbocycles. The summed E-state index contributed by atoms with van der Waals surface area (Å²) < 4.78 is 60.7. The van der Waals surface area contributed by atoms with E-state index >= 15 is 0 Å². The molecule has 54 heavy (non-hydrogen) atoms. The first-order valence-electron chi connectivity index (χ1n) is 18.4. The first kappa shape index (κ1) is 46.0. The number of likely N-dealkylation sites (N-methyl/N-ethyl adjacent to an activating group) is 1. The standard InChI is InChI=1S/C37H56Cl2N4O10S/c1-3-13-48-17-21-52-22-18-49-14-10-40-36(44)8-9-37(45)41-11-15-50-19-23-53-24-20-51-16-12-42-54(46,47)31-6-4-29(5-7-31)33-27-43(2)28-34-32(33)25-30(38)26-35(34)39/h4-7,25-26,33,42H,3,8-24,27-28H2,1-2H3,(H,40,44)(H,41,45). The number of nitrogens with one attached hydrogen (secondary N) is 3. The molecule has 2 aromatic rings. The summed E-state index contributed by atoms with van der Waals surface area (Å²) in [5.74, 6) is -0.431. The second kappa shape index (κ2) is 26.4. The van der Waals surface area contributed by atoms with Crippen LogP contribution >= 0.6 is 23.2 Å². The number of hydrogen-bond donors (Lipinski definition) is 3. The average Bonchev–Trinajstić information content (AvgIpc) is 3.15. The van der Waals surface area contributed by atoms with Crippen LogP contribution in [0.2, 0.25) is 10.0 Å². The Morgan fingerprint density at radius 1 is 0.722 bits per heavy atom. The Hall–Kier alpha value is -2.41. The molecule has 0 fully saturated rings. The third-order valence-corrected chi connectivity index (χ3v) is 10.2. The molecule has 1 atom stereocenters. The molecule has 1 unspecified atom stereocenters. The molecule has 2 amide bonds. The molecule has 1 heterocycles. The molecule has 3 N–H and O–H groups in total. The van der Waals surface area contributed by atoms with E-state index in [4.69, 9.17) is 51.6 Å². The van der Waals surface area contributed by atoms with Gasteiger partial charge in [0.2, 0.25) is 21.8 Å². The van der Waals surface area contributed by atoms with Crippen LogP contribution in [-0.2, 0) is 54.6 Å². The van der Waals surface area contributed by atoms with Gasteiger partial charge >= 0.3 is 0 Å². The summed E-state index contributed by atoms with van der Waals surface area (Å²) >= 11 is 12.8. The maximum Gasteiger partial charge on any atom is 0.240 e. The fourth-order valence-corrected chi connectivity index (χ4v) is 7.08. The van der Waals surface area contributed by atoms with Gasteiger partial charge in [0.25, 0.3) is 0 Å². The van der Waals surface area contributed by atoms with Crippen LogP contribution in [0.4, 0.5) is 0 Å². The normalized spacial score (nSPS) is 14.6. The number of fused-ring (bicyclic) bond motifs is 1. The van der Waals surface area contributed by atoms with E-state index < -0.39 is 10.0 Å². The predicted molar refractivity (Wildman–Crippen MR) is 207 cm³/mol. The number of carbonyl (C=O) groups is 2. The SMILES string of the molecule is CCCOCCOCCOCCNC(=O)CCC(=O)NCCOCCOCCOCCNS(=O)(=O)c1ccc(C2CN(C)Cc3c(Cl)cc(Cl)cc32)cc1. The summed E-state index contributed by atoms with van der Waals surface area (Å²) in [7, 11) is -1.69. The second-order valence-electron chi connectivity index (χ2n) is 12.5. The van der Waals surface area contributed by atoms with Gasteiger partial charge in [0.1, 0.15) is 0 Å². The van der Waals surface area contributed by atoms with Crippen molar-refractivity contribution in [2.45, 2.75) is 43.5 Å². The Kier molecular flexibility index (Phi) is 22.5. The summed E-state index contributed by atoms with van der Waals surface area (Å²) in [6.45, 7) is 9.23. The Morgan fingerprint density at radius 3 is 1.72 bits per heavy atom. The van der Waals surface area contributed by atoms with E-state index in [1.165, 1.54) is 0 Å². The van der Waals surface area contributed by atoms with Gasteiger partial charge in [-0.05, 0) is 54.4 Å². The van der Waals surface area contributed by atoms with Crippen molar-refractivity contribution in [3.8, 4) is 0 Å². The third kappa shape index (κ3) is 18.0. The van der Waals surface area contributed by atoms with E-state index in [1.54, 1.807) is 18.2 Å². The maximum atomic E-state index is 12.8. The van der Waals surface area contributed by atoms with E-state index in [1.807, 2.05) is 25.2 Å². The van der Waals surface area contributed by atoms with Gasteiger partial charge in [-0.1, -0.05) is 42.3 Å². The summed E-state index contributed by atoms with van der Waals surface area (Å²) in [6, 6.07) is 10.6. The number of carbonyl (C=O) groups excluding carboxylic acids is 2. The predicted octanol–water partition coefficient (Wildman–Crippen LogP) is 3.37. The third-order valence-electron chi connectivity index (χ3n) is 8.18. The molecule has 1 aliphatic rings. The van der Waals surface area contributed by atoms with Crippen LogP contribution in [0.5, 0.6) is 0 Å². The first-order valence-corrected chi connectivity index (χ1v) is 20.6. The first-order chi connectivity index (χ1) is 26.1. The van der Waals surface area contributed by atoms with Crippen molar-refractivity contribution < 1.29 is 46.4 Å². The fourth-order valence-electron chi connectivity index (χ4n) is 5.50. The Labute approximate surface area is 329 Å². The minimum Gasteiger partial charge on any atom is -0.379 e. The minimum atomic E-state index is -3.71. The lowest BCUT2D eigenvalue weighted by Crippen LogP contribution is -2.31. The van der Waals surface area contributed by atoms with Crippen molar-refractivity contribution >= 4 is 45.0 Å². The lowest BCUT2D eigenvalue weighted by Gasteiger charge is -2.33. The quantitative estimate of drug-likeness (QED) is 0.103. The zero-order chi connectivity index (χ0) is 39.0. The number of nitrogens with zero attached hydrogens (tertiary/aromatic N) is 1. The van der Waals surface area contributed by atoms with Crippen LogP contribution in [0.1, 0.15) is 48.8 Å². The van der Waals surface area contributed by atoms with E-state index in [9.17, 15) is 18.0 Å². The molecular weight excluding hydrogens is 763 g/mol. The second-order valence-corrected chi connectivity index (χ2v) is 15.2. The molecule has 14 nitrogen and oxygen atoms in total. The van der Waals surface area contributed by atoms with Gasteiger partial charge in [0.05, 0.1) is 77.6 Å². The van der Waals surface area contributed by atoms with Gasteiger partial charge in [-0.15, -0.1) is 0 Å². The number of halogens is 2. The summed E-state index contributed by atoms with van der Waals surface area (Å²) in [5.41, 5.74) is 3.08. The van der Waals surface area contributed by atoms with Crippen molar-refractivity contribution in [2.24, 2.45) is 0 Å². The van der Waals surface area contributed by atoms with Gasteiger partial charge in [-0.3, -0.25) is 9.59 Å². The zero-order valence-electron chi connectivity index (χ0n) is 31.4. The number of rotatable bonds is 29. The number of sulfonamides is 1. The Morgan fingerprint density at radius 2 is 1.20 bits per heavy atom. The molecule has 0 aromatic heterocycles. The molecule has 0 radical (unpaired) electrons. The van der Waals surface area contributed by atoms with Crippen LogP contribution < -0.4 is 15.4 Å². The highest BCUT2D eigenvalue weighted by molar-refractivity contribution is 7.89. The van der Waals surface area contributed by atoms with Crippen molar-refractivity contribution in [1.29, 1.82) is 0 Å². The largest absolute Gasteiger partial charge is 0.379 e. The molecule has 2 aromatic carbocycles. The van der Waals surface area contributed by atoms with Gasteiger partial charge in [-0.2, -0.15) is 0 Å². The Bertz CT molecular complexity index is 1500. The summed E-state index contributed by atoms with van der Waals surface area (Å²) in [6.07, 6.45) is 1.15. The minimum absolute atomic E-state index is 0.0164. The van der Waals surface area contributed by atoms with E-state index in [0.29, 0.717) is 89.2 Å². The van der Waals surface area contributed by atoms with E-state index in [0.717, 1.165) is 42.8 Å². The van der Waals surface area contributed by atoms with Crippen molar-refractivity contribution in [3.63, 3.8) is 0 Å². The zero-order valence-corrected chi connectivity index (χ0v) is 33.7. The van der Waals surface area contributed by atoms with Gasteiger partial charge in [-0.25, -0.2) is 13.1 Å². The molecule has 304 valence electrons. The molecule has 0 saturated heterocycles. The highest BCUT2D eigenvalue weighted by atomic mass is 35.5. The molecular formula is C37H56Cl2N4O10S. The van der Waals surface area contributed by atoms with Gasteiger partial charge in [0.15, 0.2) is 0 Å². The molecule has 1 aliphatic heterocycles. The lowest BCUT2D eigenvalue weighted by atomic mass is 9.85. The van der Waals surface area contributed by atoms with E-state index in [-0.39, 0.29) is 48.6 Å². The average molecular weight is 820 g/mol. The summed E-state index contributed by atoms with van der Waals surface area (Å²) in [5, 5.41) is 6.64. The number of benzene rings is 2. The van der Waals surface area contributed by atoms with E-state index in [2.05, 4.69) is 27.2 Å². The molecule has 0 spiro atoms. The van der Waals surface area contributed by atoms with Gasteiger partial charge < -0.3 is 44.0 Å². The van der Waals surface area contributed by atoms with Crippen LogP contribution in [0.25, 0.3) is 0 Å². The van der Waals surface area contributed by atoms with Crippen LogP contribution in [-0.4, -0.2) is 138 Å². The number of ether oxygens (including phenoxy) is 6. The maximum absolute atomic E-state index is 12.8. The highest BCUT2D eigenvalue weighted by Gasteiger charge is 2.27. The van der Waals surface area contributed by atoms with Crippen molar-refractivity contribution in [3.05, 3.63) is 63.1 Å². The van der Waals surface area contributed by atoms with Gasteiger partial charge in [0, 0.05) is 68.1 Å². The molecule has 0 bridgehead atoms. The molecule has 0 saturated carbocycles. The highest BCUT2D eigenvalue weighted by Crippen LogP contribution is 2.38. The van der Waals surface area contributed by atoms with Crippen LogP contribution in [0, 0.1) is 0 Å². The van der Waals surface area contributed by atoms with Crippen molar-refractivity contribution in [1.82, 2.24) is 20.3 Å².